The van der Waals surface area contributed by atoms with Gasteiger partial charge in [0.1, 0.15) is 0 Å². The molecule has 0 saturated heterocycles. The molecule has 0 atom stereocenters. The number of nitrogens with zero attached hydrogens (tertiary/aromatic N) is 2. The molecule has 2 aromatic rings. The smallest absolute Gasteiger partial charge is 0.242 e. The maximum atomic E-state index is 12.1. The molecule has 19 heavy (non-hydrogen) atoms. The normalized spacial score (nSPS) is 11.9. The minimum atomic E-state index is -3.59. The second kappa shape index (κ2) is 5.16. The molecular formula is C11H16N4O3S. The van der Waals surface area contributed by atoms with Crippen LogP contribution < -0.4 is 4.72 Å². The van der Waals surface area contributed by atoms with Crippen LogP contribution in [-0.4, -0.2) is 28.3 Å². The van der Waals surface area contributed by atoms with Gasteiger partial charge in [0.2, 0.25) is 10.0 Å². The minimum Gasteiger partial charge on any atom is -0.390 e. The van der Waals surface area contributed by atoms with E-state index in [0.717, 1.165) is 11.3 Å². The van der Waals surface area contributed by atoms with Gasteiger partial charge in [-0.3, -0.25) is 5.10 Å². The Labute approximate surface area is 111 Å². The van der Waals surface area contributed by atoms with Crippen LogP contribution in [0.15, 0.2) is 23.4 Å². The standard InChI is InChI=1S/C11H16N4O3S/c1-8-9(4-12-14-8)5-13-19(17,18)11-3-10(7-16)15(2)6-11/h3-4,6,13,16H,5,7H2,1-2H3,(H,12,14). The Kier molecular flexibility index (Phi) is 3.74. The van der Waals surface area contributed by atoms with Crippen molar-refractivity contribution in [2.45, 2.75) is 25.0 Å². The second-order valence-corrected chi connectivity index (χ2v) is 6.05. The van der Waals surface area contributed by atoms with E-state index in [2.05, 4.69) is 14.9 Å². The van der Waals surface area contributed by atoms with Crippen LogP contribution in [0.5, 0.6) is 0 Å². The first-order chi connectivity index (χ1) is 8.94. The van der Waals surface area contributed by atoms with Gasteiger partial charge in [0.15, 0.2) is 0 Å². The van der Waals surface area contributed by atoms with Crippen LogP contribution >= 0.6 is 0 Å². The summed E-state index contributed by atoms with van der Waals surface area (Å²) in [6.07, 6.45) is 3.05. The van der Waals surface area contributed by atoms with Gasteiger partial charge in [-0.1, -0.05) is 0 Å². The number of hydrogen-bond acceptors (Lipinski definition) is 4. The van der Waals surface area contributed by atoms with Gasteiger partial charge >= 0.3 is 0 Å². The van der Waals surface area contributed by atoms with E-state index in [0.29, 0.717) is 5.69 Å². The predicted octanol–water partition coefficient (Wildman–Crippen LogP) is 0.0274. The zero-order chi connectivity index (χ0) is 14.0. The summed E-state index contributed by atoms with van der Waals surface area (Å²) in [5, 5.41) is 15.6. The molecule has 0 radical (unpaired) electrons. The number of aromatic nitrogens is 3. The molecule has 0 aromatic carbocycles. The first-order valence-corrected chi connectivity index (χ1v) is 7.17. The van der Waals surface area contributed by atoms with E-state index in [1.807, 2.05) is 6.92 Å². The molecule has 2 aromatic heterocycles. The number of H-pyrrole nitrogens is 1. The summed E-state index contributed by atoms with van der Waals surface area (Å²) < 4.78 is 28.2. The number of rotatable bonds is 5. The highest BCUT2D eigenvalue weighted by molar-refractivity contribution is 7.89. The summed E-state index contributed by atoms with van der Waals surface area (Å²) in [5.74, 6) is 0. The molecule has 0 saturated carbocycles. The zero-order valence-electron chi connectivity index (χ0n) is 10.7. The summed E-state index contributed by atoms with van der Waals surface area (Å²) in [5.41, 5.74) is 2.16. The highest BCUT2D eigenvalue weighted by atomic mass is 32.2. The molecule has 3 N–H and O–H groups in total. The zero-order valence-corrected chi connectivity index (χ0v) is 11.5. The third-order valence-corrected chi connectivity index (χ3v) is 4.31. The highest BCUT2D eigenvalue weighted by Gasteiger charge is 2.17. The van der Waals surface area contributed by atoms with E-state index >= 15 is 0 Å². The number of nitrogens with one attached hydrogen (secondary N) is 2. The average molecular weight is 284 g/mol. The topological polar surface area (TPSA) is 100 Å². The maximum absolute atomic E-state index is 12.1. The summed E-state index contributed by atoms with van der Waals surface area (Å²) >= 11 is 0. The van der Waals surface area contributed by atoms with Crippen LogP contribution in [0.3, 0.4) is 0 Å². The Morgan fingerprint density at radius 3 is 2.79 bits per heavy atom. The third-order valence-electron chi connectivity index (χ3n) is 2.94. The molecule has 2 rings (SSSR count). The van der Waals surface area contributed by atoms with Crippen molar-refractivity contribution < 1.29 is 13.5 Å². The van der Waals surface area contributed by atoms with E-state index in [-0.39, 0.29) is 18.0 Å². The molecule has 0 bridgehead atoms. The lowest BCUT2D eigenvalue weighted by Crippen LogP contribution is -2.23. The molecule has 2 heterocycles. The van der Waals surface area contributed by atoms with Gasteiger partial charge in [-0.2, -0.15) is 5.10 Å². The van der Waals surface area contributed by atoms with Crippen molar-refractivity contribution >= 4 is 10.0 Å². The van der Waals surface area contributed by atoms with Crippen molar-refractivity contribution in [1.29, 1.82) is 0 Å². The van der Waals surface area contributed by atoms with Crippen molar-refractivity contribution in [1.82, 2.24) is 19.5 Å². The fourth-order valence-electron chi connectivity index (χ4n) is 1.69. The number of hydrogen-bond donors (Lipinski definition) is 3. The van der Waals surface area contributed by atoms with Crippen LogP contribution in [0.2, 0.25) is 0 Å². The molecule has 0 aliphatic rings. The molecular weight excluding hydrogens is 268 g/mol. The van der Waals surface area contributed by atoms with Gasteiger partial charge in [0.05, 0.1) is 17.7 Å². The Bertz CT molecular complexity index is 672. The second-order valence-electron chi connectivity index (χ2n) is 4.28. The Morgan fingerprint density at radius 1 is 1.53 bits per heavy atom. The molecule has 7 nitrogen and oxygen atoms in total. The highest BCUT2D eigenvalue weighted by Crippen LogP contribution is 2.14. The first kappa shape index (κ1) is 13.8. The van der Waals surface area contributed by atoms with Gasteiger partial charge in [-0.25, -0.2) is 13.1 Å². The minimum absolute atomic E-state index is 0.139. The van der Waals surface area contributed by atoms with Gasteiger partial charge in [0, 0.05) is 36.7 Å². The van der Waals surface area contributed by atoms with E-state index in [1.165, 1.54) is 12.3 Å². The molecule has 0 aliphatic carbocycles. The summed E-state index contributed by atoms with van der Waals surface area (Å²) in [6, 6.07) is 1.45. The van der Waals surface area contributed by atoms with Crippen molar-refractivity contribution in [3.05, 3.63) is 35.4 Å². The summed E-state index contributed by atoms with van der Waals surface area (Å²) in [4.78, 5) is 0.139. The van der Waals surface area contributed by atoms with Gasteiger partial charge < -0.3 is 9.67 Å². The number of sulfonamides is 1. The average Bonchev–Trinajstić information content (AvgIpc) is 2.93. The quantitative estimate of drug-likeness (QED) is 0.721. The lowest BCUT2D eigenvalue weighted by molar-refractivity contribution is 0.272. The van der Waals surface area contributed by atoms with E-state index in [9.17, 15) is 8.42 Å². The van der Waals surface area contributed by atoms with Gasteiger partial charge in [-0.15, -0.1) is 0 Å². The van der Waals surface area contributed by atoms with Crippen molar-refractivity contribution in [2.24, 2.45) is 7.05 Å². The van der Waals surface area contributed by atoms with Crippen LogP contribution in [0.1, 0.15) is 17.0 Å². The third kappa shape index (κ3) is 2.86. The van der Waals surface area contributed by atoms with Crippen LogP contribution in [-0.2, 0) is 30.2 Å². The van der Waals surface area contributed by atoms with E-state index < -0.39 is 10.0 Å². The number of aliphatic hydroxyl groups excluding tert-OH is 1. The largest absolute Gasteiger partial charge is 0.390 e. The molecule has 0 unspecified atom stereocenters. The SMILES string of the molecule is Cc1[nH]ncc1CNS(=O)(=O)c1cc(CO)n(C)c1. The predicted molar refractivity (Wildman–Crippen MR) is 68.7 cm³/mol. The van der Waals surface area contributed by atoms with Gasteiger partial charge in [-0.05, 0) is 13.0 Å². The molecule has 8 heteroatoms. The van der Waals surface area contributed by atoms with Crippen molar-refractivity contribution in [3.8, 4) is 0 Å². The van der Waals surface area contributed by atoms with Crippen molar-refractivity contribution in [2.75, 3.05) is 0 Å². The Morgan fingerprint density at radius 2 is 2.26 bits per heavy atom. The molecule has 0 aliphatic heterocycles. The number of aromatic amines is 1. The van der Waals surface area contributed by atoms with Crippen molar-refractivity contribution in [3.63, 3.8) is 0 Å². The van der Waals surface area contributed by atoms with Crippen LogP contribution in [0.4, 0.5) is 0 Å². The van der Waals surface area contributed by atoms with Crippen LogP contribution in [0, 0.1) is 6.92 Å². The lowest BCUT2D eigenvalue weighted by Gasteiger charge is -2.03. The maximum Gasteiger partial charge on any atom is 0.242 e. The molecule has 0 spiro atoms. The molecule has 0 fully saturated rings. The summed E-state index contributed by atoms with van der Waals surface area (Å²) in [6.45, 7) is 1.80. The monoisotopic (exact) mass is 284 g/mol. The van der Waals surface area contributed by atoms with E-state index in [4.69, 9.17) is 5.11 Å². The fourth-order valence-corrected chi connectivity index (χ4v) is 2.79. The van der Waals surface area contributed by atoms with Gasteiger partial charge in [0.25, 0.3) is 0 Å². The number of aryl methyl sites for hydroxylation is 2. The fraction of sp³-hybridized carbons (Fsp3) is 0.364. The molecule has 104 valence electrons. The van der Waals surface area contributed by atoms with E-state index in [1.54, 1.807) is 17.8 Å². The Balaban J connectivity index is 2.16. The number of aliphatic hydroxyl groups is 1. The Hall–Kier alpha value is -1.64. The lowest BCUT2D eigenvalue weighted by atomic mass is 10.3. The first-order valence-electron chi connectivity index (χ1n) is 5.68. The summed E-state index contributed by atoms with van der Waals surface area (Å²) in [7, 11) is -1.90. The van der Waals surface area contributed by atoms with Crippen LogP contribution in [0.25, 0.3) is 0 Å². The molecule has 0 amide bonds.